The molecule has 0 heterocycles. The molecule has 0 fully saturated rings. The van der Waals surface area contributed by atoms with E-state index in [0.29, 0.717) is 11.3 Å². The molecule has 1 unspecified atom stereocenters. The van der Waals surface area contributed by atoms with Gasteiger partial charge < -0.3 is 20.7 Å². The number of hydrogen-bond donors (Lipinski definition) is 3. The van der Waals surface area contributed by atoms with Crippen molar-refractivity contribution < 1.29 is 23.5 Å². The Kier molecular flexibility index (Phi) is 8.34. The van der Waals surface area contributed by atoms with Crippen LogP contribution in [0.2, 0.25) is 0 Å². The molecule has 8 heteroatoms. The Hall–Kier alpha value is -3.42. The fourth-order valence-electron chi connectivity index (χ4n) is 2.80. The van der Waals surface area contributed by atoms with Crippen molar-refractivity contribution in [2.75, 3.05) is 20.2 Å². The Morgan fingerprint density at radius 1 is 0.900 bits per heavy atom. The Bertz CT molecular complexity index is 901. The summed E-state index contributed by atoms with van der Waals surface area (Å²) in [5.74, 6) is -1.74. The number of halogens is 1. The third-order valence-electron chi connectivity index (χ3n) is 4.42. The summed E-state index contributed by atoms with van der Waals surface area (Å²) >= 11 is 0. The fourth-order valence-corrected chi connectivity index (χ4v) is 2.80. The first-order valence-corrected chi connectivity index (χ1v) is 9.59. The van der Waals surface area contributed by atoms with Crippen LogP contribution in [-0.2, 0) is 4.79 Å². The van der Waals surface area contributed by atoms with Gasteiger partial charge in [-0.3, -0.25) is 14.4 Å². The zero-order chi connectivity index (χ0) is 22.1. The second kappa shape index (κ2) is 10.9. The Balaban J connectivity index is 1.89. The number of ether oxygens (including phenoxy) is 1. The minimum atomic E-state index is -0.773. The SMILES string of the molecule is COc1ccccc1C(=O)NC(C(=O)NCCNC(=O)c1ccccc1F)C(C)C. The summed E-state index contributed by atoms with van der Waals surface area (Å²) in [4.78, 5) is 37.1. The number of para-hydroxylation sites is 1. The van der Waals surface area contributed by atoms with Crippen LogP contribution in [0.4, 0.5) is 4.39 Å². The third kappa shape index (κ3) is 6.04. The van der Waals surface area contributed by atoms with Crippen LogP contribution in [0.3, 0.4) is 0 Å². The molecule has 0 aromatic heterocycles. The highest BCUT2D eigenvalue weighted by atomic mass is 19.1. The quantitative estimate of drug-likeness (QED) is 0.547. The van der Waals surface area contributed by atoms with Crippen LogP contribution in [0.5, 0.6) is 5.75 Å². The number of nitrogens with one attached hydrogen (secondary N) is 3. The van der Waals surface area contributed by atoms with Gasteiger partial charge in [-0.05, 0) is 30.2 Å². The molecule has 0 spiro atoms. The third-order valence-corrected chi connectivity index (χ3v) is 4.42. The van der Waals surface area contributed by atoms with Crippen LogP contribution in [0.25, 0.3) is 0 Å². The van der Waals surface area contributed by atoms with Crippen LogP contribution in [0, 0.1) is 11.7 Å². The van der Waals surface area contributed by atoms with Crippen molar-refractivity contribution in [2.24, 2.45) is 5.92 Å². The molecular formula is C22H26FN3O4. The van der Waals surface area contributed by atoms with Gasteiger partial charge in [0.05, 0.1) is 18.2 Å². The van der Waals surface area contributed by atoms with Gasteiger partial charge in [-0.2, -0.15) is 0 Å². The second-order valence-corrected chi connectivity index (χ2v) is 6.92. The van der Waals surface area contributed by atoms with E-state index < -0.39 is 23.7 Å². The molecule has 160 valence electrons. The molecule has 0 aliphatic carbocycles. The molecule has 0 saturated carbocycles. The Morgan fingerprint density at radius 2 is 1.50 bits per heavy atom. The molecule has 0 saturated heterocycles. The van der Waals surface area contributed by atoms with E-state index in [-0.39, 0.29) is 30.5 Å². The molecule has 7 nitrogen and oxygen atoms in total. The average Bonchev–Trinajstić information content (AvgIpc) is 2.74. The normalized spacial score (nSPS) is 11.5. The van der Waals surface area contributed by atoms with E-state index in [4.69, 9.17) is 4.74 Å². The maximum atomic E-state index is 13.6. The Morgan fingerprint density at radius 3 is 2.13 bits per heavy atom. The molecule has 2 aromatic carbocycles. The molecular weight excluding hydrogens is 389 g/mol. The number of methoxy groups -OCH3 is 1. The summed E-state index contributed by atoms with van der Waals surface area (Å²) in [5, 5.41) is 7.95. The minimum absolute atomic E-state index is 0.0621. The summed E-state index contributed by atoms with van der Waals surface area (Å²) in [6.45, 7) is 3.87. The molecule has 2 aromatic rings. The highest BCUT2D eigenvalue weighted by Crippen LogP contribution is 2.17. The largest absolute Gasteiger partial charge is 0.496 e. The zero-order valence-electron chi connectivity index (χ0n) is 17.2. The number of carbonyl (C=O) groups is 3. The van der Waals surface area contributed by atoms with E-state index in [1.165, 1.54) is 25.3 Å². The average molecular weight is 415 g/mol. The molecule has 0 aliphatic rings. The van der Waals surface area contributed by atoms with Crippen molar-refractivity contribution in [1.29, 1.82) is 0 Å². The predicted octanol–water partition coefficient (Wildman–Crippen LogP) is 2.13. The predicted molar refractivity (Wildman–Crippen MR) is 111 cm³/mol. The van der Waals surface area contributed by atoms with E-state index in [1.54, 1.807) is 30.3 Å². The first-order valence-electron chi connectivity index (χ1n) is 9.59. The number of carbonyl (C=O) groups excluding carboxylic acids is 3. The lowest BCUT2D eigenvalue weighted by molar-refractivity contribution is -0.123. The molecule has 3 N–H and O–H groups in total. The zero-order valence-corrected chi connectivity index (χ0v) is 17.2. The van der Waals surface area contributed by atoms with Gasteiger partial charge in [0.1, 0.15) is 17.6 Å². The van der Waals surface area contributed by atoms with Gasteiger partial charge in [0, 0.05) is 13.1 Å². The fraction of sp³-hybridized carbons (Fsp3) is 0.318. The standard InChI is InChI=1S/C22H26FN3O4/c1-14(2)19(26-21(28)16-9-5-7-11-18(16)30-3)22(29)25-13-12-24-20(27)15-8-4-6-10-17(15)23/h4-11,14,19H,12-13H2,1-3H3,(H,24,27)(H,25,29)(H,26,28). The van der Waals surface area contributed by atoms with E-state index in [9.17, 15) is 18.8 Å². The van der Waals surface area contributed by atoms with Crippen LogP contribution in [-0.4, -0.2) is 44.0 Å². The van der Waals surface area contributed by atoms with Crippen molar-refractivity contribution >= 4 is 17.7 Å². The topological polar surface area (TPSA) is 96.5 Å². The van der Waals surface area contributed by atoms with Crippen LogP contribution in [0.1, 0.15) is 34.6 Å². The van der Waals surface area contributed by atoms with Crippen LogP contribution < -0.4 is 20.7 Å². The van der Waals surface area contributed by atoms with Crippen molar-refractivity contribution in [1.82, 2.24) is 16.0 Å². The summed E-state index contributed by atoms with van der Waals surface area (Å²) in [6, 6.07) is 11.6. The Labute approximate surface area is 175 Å². The summed E-state index contributed by atoms with van der Waals surface area (Å²) in [6.07, 6.45) is 0. The number of hydrogen-bond acceptors (Lipinski definition) is 4. The summed E-state index contributed by atoms with van der Waals surface area (Å²) < 4.78 is 18.8. The molecule has 0 aliphatic heterocycles. The lowest BCUT2D eigenvalue weighted by Gasteiger charge is -2.22. The van der Waals surface area contributed by atoms with E-state index in [0.717, 1.165) is 0 Å². The molecule has 1 atom stereocenters. The van der Waals surface area contributed by atoms with Gasteiger partial charge in [0.25, 0.3) is 11.8 Å². The van der Waals surface area contributed by atoms with Crippen molar-refractivity contribution in [2.45, 2.75) is 19.9 Å². The van der Waals surface area contributed by atoms with E-state index in [1.807, 2.05) is 13.8 Å². The summed E-state index contributed by atoms with van der Waals surface area (Å²) in [7, 11) is 1.47. The highest BCUT2D eigenvalue weighted by molar-refractivity contribution is 5.99. The van der Waals surface area contributed by atoms with Gasteiger partial charge in [-0.15, -0.1) is 0 Å². The van der Waals surface area contributed by atoms with Gasteiger partial charge >= 0.3 is 0 Å². The maximum absolute atomic E-state index is 13.6. The first-order chi connectivity index (χ1) is 14.3. The lowest BCUT2D eigenvalue weighted by atomic mass is 10.0. The smallest absolute Gasteiger partial charge is 0.255 e. The highest BCUT2D eigenvalue weighted by Gasteiger charge is 2.25. The lowest BCUT2D eigenvalue weighted by Crippen LogP contribution is -2.50. The van der Waals surface area contributed by atoms with Crippen molar-refractivity contribution in [3.8, 4) is 5.75 Å². The van der Waals surface area contributed by atoms with E-state index >= 15 is 0 Å². The van der Waals surface area contributed by atoms with Gasteiger partial charge in [-0.1, -0.05) is 38.1 Å². The van der Waals surface area contributed by atoms with E-state index in [2.05, 4.69) is 16.0 Å². The van der Waals surface area contributed by atoms with Crippen molar-refractivity contribution in [3.63, 3.8) is 0 Å². The van der Waals surface area contributed by atoms with Crippen molar-refractivity contribution in [3.05, 3.63) is 65.5 Å². The summed E-state index contributed by atoms with van der Waals surface area (Å²) in [5.41, 5.74) is 0.267. The minimum Gasteiger partial charge on any atom is -0.496 e. The first kappa shape index (κ1) is 22.9. The molecule has 0 radical (unpaired) electrons. The van der Waals surface area contributed by atoms with Gasteiger partial charge in [-0.25, -0.2) is 4.39 Å². The maximum Gasteiger partial charge on any atom is 0.255 e. The van der Waals surface area contributed by atoms with Crippen LogP contribution in [0.15, 0.2) is 48.5 Å². The molecule has 0 bridgehead atoms. The number of benzene rings is 2. The number of amides is 3. The molecule has 2 rings (SSSR count). The number of rotatable bonds is 9. The van der Waals surface area contributed by atoms with Gasteiger partial charge in [0.2, 0.25) is 5.91 Å². The van der Waals surface area contributed by atoms with Gasteiger partial charge in [0.15, 0.2) is 0 Å². The second-order valence-electron chi connectivity index (χ2n) is 6.92. The monoisotopic (exact) mass is 415 g/mol. The molecule has 30 heavy (non-hydrogen) atoms. The molecule has 3 amide bonds. The van der Waals surface area contributed by atoms with Crippen LogP contribution >= 0.6 is 0 Å².